The maximum atomic E-state index is 5.79. The van der Waals surface area contributed by atoms with E-state index >= 15 is 0 Å². The predicted octanol–water partition coefficient (Wildman–Crippen LogP) is 1.15. The van der Waals surface area contributed by atoms with Gasteiger partial charge in [-0.1, -0.05) is 20.8 Å². The first-order chi connectivity index (χ1) is 8.41. The Labute approximate surface area is 107 Å². The van der Waals surface area contributed by atoms with Crippen LogP contribution in [-0.2, 0) is 10.2 Å². The van der Waals surface area contributed by atoms with Crippen LogP contribution in [0.5, 0.6) is 5.88 Å². The lowest BCUT2D eigenvalue weighted by Crippen LogP contribution is -2.39. The molecule has 1 fully saturated rings. The summed E-state index contributed by atoms with van der Waals surface area (Å²) in [5, 5.41) is 0. The maximum absolute atomic E-state index is 5.79. The van der Waals surface area contributed by atoms with Crippen molar-refractivity contribution < 1.29 is 9.47 Å². The number of nitrogen functional groups attached to an aromatic ring is 1. The van der Waals surface area contributed by atoms with Crippen molar-refractivity contribution in [1.29, 1.82) is 0 Å². The van der Waals surface area contributed by atoms with Crippen molar-refractivity contribution in [1.82, 2.24) is 9.97 Å². The molecule has 2 heterocycles. The Balaban J connectivity index is 2.36. The van der Waals surface area contributed by atoms with E-state index in [4.69, 9.17) is 15.3 Å². The summed E-state index contributed by atoms with van der Waals surface area (Å²) in [5.74, 6) is 7.38. The molecule has 0 amide bonds. The largest absolute Gasteiger partial charge is 0.469 e. The number of rotatable bonds is 3. The average Bonchev–Trinajstić information content (AvgIpc) is 2.23. The molecule has 1 aliphatic heterocycles. The van der Waals surface area contributed by atoms with E-state index in [1.165, 1.54) is 0 Å². The van der Waals surface area contributed by atoms with Gasteiger partial charge in [0.2, 0.25) is 5.88 Å². The maximum Gasteiger partial charge on any atom is 0.222 e. The van der Waals surface area contributed by atoms with E-state index in [0.29, 0.717) is 30.7 Å². The molecule has 0 atom stereocenters. The lowest BCUT2D eigenvalue weighted by atomic mass is 9.95. The summed E-state index contributed by atoms with van der Waals surface area (Å²) in [7, 11) is 0. The molecule has 0 aliphatic carbocycles. The highest BCUT2D eigenvalue weighted by Gasteiger charge is 2.25. The Morgan fingerprint density at radius 1 is 1.33 bits per heavy atom. The molecule has 6 heteroatoms. The van der Waals surface area contributed by atoms with E-state index in [2.05, 4.69) is 15.4 Å². The van der Waals surface area contributed by atoms with Crippen molar-refractivity contribution in [3.8, 4) is 5.88 Å². The fourth-order valence-electron chi connectivity index (χ4n) is 1.53. The zero-order valence-corrected chi connectivity index (χ0v) is 11.3. The second-order valence-corrected chi connectivity index (χ2v) is 5.50. The Bertz CT molecular complexity index is 438. The number of ether oxygens (including phenoxy) is 2. The van der Waals surface area contributed by atoms with Crippen molar-refractivity contribution in [2.24, 2.45) is 5.84 Å². The number of aromatic nitrogens is 2. The van der Waals surface area contributed by atoms with Crippen LogP contribution in [0.4, 0.5) is 5.82 Å². The summed E-state index contributed by atoms with van der Waals surface area (Å²) in [5.41, 5.74) is 3.25. The van der Waals surface area contributed by atoms with Crippen LogP contribution in [0.2, 0.25) is 0 Å². The van der Waals surface area contributed by atoms with E-state index in [0.717, 1.165) is 5.56 Å². The quantitative estimate of drug-likeness (QED) is 0.620. The summed E-state index contributed by atoms with van der Waals surface area (Å²) >= 11 is 0. The fraction of sp³-hybridized carbons (Fsp3) is 0.667. The minimum Gasteiger partial charge on any atom is -0.469 e. The number of hydrogen-bond acceptors (Lipinski definition) is 6. The Hall–Kier alpha value is -1.40. The first-order valence-corrected chi connectivity index (χ1v) is 6.02. The summed E-state index contributed by atoms with van der Waals surface area (Å²) in [6, 6.07) is 0. The highest BCUT2D eigenvalue weighted by Crippen LogP contribution is 2.28. The number of hydrazine groups is 1. The van der Waals surface area contributed by atoms with E-state index < -0.39 is 0 Å². The van der Waals surface area contributed by atoms with Crippen LogP contribution in [0.15, 0.2) is 0 Å². The average molecular weight is 252 g/mol. The second-order valence-electron chi connectivity index (χ2n) is 5.50. The number of anilines is 1. The Morgan fingerprint density at radius 2 is 2.00 bits per heavy atom. The summed E-state index contributed by atoms with van der Waals surface area (Å²) < 4.78 is 10.9. The molecule has 0 aromatic carbocycles. The minimum absolute atomic E-state index is 0.0806. The van der Waals surface area contributed by atoms with E-state index in [1.54, 1.807) is 0 Å². The number of nitrogens with one attached hydrogen (secondary N) is 1. The van der Waals surface area contributed by atoms with E-state index in [9.17, 15) is 0 Å². The van der Waals surface area contributed by atoms with Gasteiger partial charge in [-0.3, -0.25) is 0 Å². The molecular weight excluding hydrogens is 232 g/mol. The van der Waals surface area contributed by atoms with Gasteiger partial charge in [0.15, 0.2) is 5.82 Å². The highest BCUT2D eigenvalue weighted by atomic mass is 16.6. The van der Waals surface area contributed by atoms with E-state index in [1.807, 2.05) is 27.7 Å². The van der Waals surface area contributed by atoms with Crippen molar-refractivity contribution >= 4 is 5.82 Å². The molecule has 6 nitrogen and oxygen atoms in total. The molecule has 100 valence electrons. The summed E-state index contributed by atoms with van der Waals surface area (Å²) in [6.07, 6.45) is 0.0806. The lowest BCUT2D eigenvalue weighted by Gasteiger charge is -2.28. The van der Waals surface area contributed by atoms with Crippen LogP contribution in [0.3, 0.4) is 0 Å². The number of hydrogen-bond donors (Lipinski definition) is 2. The van der Waals surface area contributed by atoms with Gasteiger partial charge in [0.1, 0.15) is 11.9 Å². The third kappa shape index (κ3) is 2.54. The normalized spacial score (nSPS) is 16.3. The first-order valence-electron chi connectivity index (χ1n) is 6.02. The summed E-state index contributed by atoms with van der Waals surface area (Å²) in [6.45, 7) is 9.26. The van der Waals surface area contributed by atoms with Gasteiger partial charge in [-0.2, -0.15) is 4.98 Å². The standard InChI is InChI=1S/C12H20N4O2/c1-7-9(16-13)14-11(12(2,3)4)15-10(7)18-8-5-17-6-8/h8H,5-6,13H2,1-4H3,(H,14,15,16). The second kappa shape index (κ2) is 4.70. The van der Waals surface area contributed by atoms with Gasteiger partial charge in [0.05, 0.1) is 18.8 Å². The van der Waals surface area contributed by atoms with Gasteiger partial charge in [-0.15, -0.1) is 0 Å². The van der Waals surface area contributed by atoms with Gasteiger partial charge >= 0.3 is 0 Å². The zero-order chi connectivity index (χ0) is 13.3. The third-order valence-electron chi connectivity index (χ3n) is 2.79. The van der Waals surface area contributed by atoms with E-state index in [-0.39, 0.29) is 11.5 Å². The van der Waals surface area contributed by atoms with Gasteiger partial charge in [-0.05, 0) is 6.92 Å². The molecular formula is C12H20N4O2. The Kier molecular flexibility index (Phi) is 3.41. The molecule has 0 bridgehead atoms. The van der Waals surface area contributed by atoms with Crippen molar-refractivity contribution in [3.05, 3.63) is 11.4 Å². The predicted molar refractivity (Wildman–Crippen MR) is 68.5 cm³/mol. The van der Waals surface area contributed by atoms with Crippen LogP contribution in [0.25, 0.3) is 0 Å². The molecule has 0 saturated carbocycles. The summed E-state index contributed by atoms with van der Waals surface area (Å²) in [4.78, 5) is 8.90. The molecule has 1 aromatic rings. The molecule has 1 saturated heterocycles. The fourth-order valence-corrected chi connectivity index (χ4v) is 1.53. The van der Waals surface area contributed by atoms with Gasteiger partial charge < -0.3 is 14.9 Å². The van der Waals surface area contributed by atoms with Crippen LogP contribution in [-0.4, -0.2) is 29.3 Å². The number of nitrogens with zero attached hydrogens (tertiary/aromatic N) is 2. The van der Waals surface area contributed by atoms with Gasteiger partial charge in [0.25, 0.3) is 0 Å². The van der Waals surface area contributed by atoms with Gasteiger partial charge in [0, 0.05) is 5.41 Å². The Morgan fingerprint density at radius 3 is 2.44 bits per heavy atom. The molecule has 0 radical (unpaired) electrons. The first kappa shape index (κ1) is 13.0. The zero-order valence-electron chi connectivity index (χ0n) is 11.3. The topological polar surface area (TPSA) is 82.3 Å². The van der Waals surface area contributed by atoms with Crippen LogP contribution in [0, 0.1) is 6.92 Å². The van der Waals surface area contributed by atoms with Crippen LogP contribution in [0.1, 0.15) is 32.2 Å². The minimum atomic E-state index is -0.159. The molecule has 18 heavy (non-hydrogen) atoms. The van der Waals surface area contributed by atoms with Gasteiger partial charge in [-0.25, -0.2) is 10.8 Å². The molecule has 0 spiro atoms. The molecule has 1 aromatic heterocycles. The smallest absolute Gasteiger partial charge is 0.222 e. The molecule has 0 unspecified atom stereocenters. The van der Waals surface area contributed by atoms with Crippen LogP contribution < -0.4 is 16.0 Å². The monoisotopic (exact) mass is 252 g/mol. The highest BCUT2D eigenvalue weighted by molar-refractivity contribution is 5.48. The van der Waals surface area contributed by atoms with Crippen molar-refractivity contribution in [2.75, 3.05) is 18.6 Å². The lowest BCUT2D eigenvalue weighted by molar-refractivity contribution is -0.0817. The number of nitrogens with two attached hydrogens (primary N) is 1. The molecule has 1 aliphatic rings. The van der Waals surface area contributed by atoms with Crippen molar-refractivity contribution in [3.63, 3.8) is 0 Å². The molecule has 2 rings (SSSR count). The third-order valence-corrected chi connectivity index (χ3v) is 2.79. The SMILES string of the molecule is Cc1c(NN)nc(C(C)(C)C)nc1OC1COC1. The van der Waals surface area contributed by atoms with Crippen LogP contribution >= 0.6 is 0 Å². The van der Waals surface area contributed by atoms with Crippen molar-refractivity contribution in [2.45, 2.75) is 39.2 Å². The molecule has 3 N–H and O–H groups in total.